The number of hydrogen-bond donors (Lipinski definition) is 3. The molecule has 1 fully saturated rings. The van der Waals surface area contributed by atoms with Gasteiger partial charge in [0.25, 0.3) is 11.8 Å². The summed E-state index contributed by atoms with van der Waals surface area (Å²) in [6, 6.07) is 18.3. The molecule has 0 bridgehead atoms. The molecule has 0 atom stereocenters. The summed E-state index contributed by atoms with van der Waals surface area (Å²) in [5, 5.41) is 18.5. The lowest BCUT2D eigenvalue weighted by atomic mass is 9.86. The molecule has 7 heteroatoms. The molecule has 1 saturated carbocycles. The normalized spacial score (nSPS) is 17.6. The molecule has 1 aliphatic rings. The van der Waals surface area contributed by atoms with Crippen molar-refractivity contribution in [2.24, 2.45) is 5.92 Å². The lowest BCUT2D eigenvalue weighted by Gasteiger charge is -2.27. The Morgan fingerprint density at radius 2 is 1.67 bits per heavy atom. The van der Waals surface area contributed by atoms with Crippen molar-refractivity contribution < 1.29 is 24.2 Å². The fourth-order valence-electron chi connectivity index (χ4n) is 5.40. The Bertz CT molecular complexity index is 1600. The zero-order valence-corrected chi connectivity index (χ0v) is 25.1. The number of carbonyl (C=O) groups excluding carboxylic acids is 3. The Morgan fingerprint density at radius 3 is 2.35 bits per heavy atom. The van der Waals surface area contributed by atoms with Gasteiger partial charge in [-0.25, -0.2) is 0 Å². The van der Waals surface area contributed by atoms with Crippen molar-refractivity contribution >= 4 is 29.9 Å². The van der Waals surface area contributed by atoms with Crippen molar-refractivity contribution in [1.82, 2.24) is 10.6 Å². The monoisotopic (exact) mass is 580 g/mol. The minimum atomic E-state index is -0.216. The molecule has 0 aromatic heterocycles. The second-order valence-corrected chi connectivity index (χ2v) is 10.8. The molecule has 224 valence electrons. The number of ether oxygens (including phenoxy) is 1. The molecular formula is C36H40N2O5. The lowest BCUT2D eigenvalue weighted by molar-refractivity contribution is -0.146. The van der Waals surface area contributed by atoms with Crippen LogP contribution in [0.25, 0.3) is 23.3 Å². The molecule has 3 N–H and O–H groups in total. The summed E-state index contributed by atoms with van der Waals surface area (Å²) in [6.07, 6.45) is 11.6. The molecule has 0 radical (unpaired) electrons. The molecular weight excluding hydrogens is 540 g/mol. The van der Waals surface area contributed by atoms with Crippen LogP contribution in [-0.4, -0.2) is 36.0 Å². The first-order chi connectivity index (χ1) is 20.8. The zero-order chi connectivity index (χ0) is 30.8. The molecule has 0 unspecified atom stereocenters. The van der Waals surface area contributed by atoms with Gasteiger partial charge in [0, 0.05) is 28.9 Å². The van der Waals surface area contributed by atoms with Gasteiger partial charge in [-0.2, -0.15) is 0 Å². The summed E-state index contributed by atoms with van der Waals surface area (Å²) >= 11 is 0. The van der Waals surface area contributed by atoms with E-state index in [1.807, 2.05) is 74.5 Å². The number of methoxy groups -OCH3 is 1. The molecule has 4 rings (SSSR count). The highest BCUT2D eigenvalue weighted by atomic mass is 16.5. The van der Waals surface area contributed by atoms with E-state index in [1.165, 1.54) is 7.11 Å². The van der Waals surface area contributed by atoms with Crippen molar-refractivity contribution in [1.29, 1.82) is 0 Å². The number of nitrogens with one attached hydrogen (secondary N) is 2. The van der Waals surface area contributed by atoms with Crippen molar-refractivity contribution in [3.8, 4) is 16.9 Å². The molecule has 3 aromatic carbocycles. The predicted octanol–water partition coefficient (Wildman–Crippen LogP) is 5.00. The Kier molecular flexibility index (Phi) is 10.9. The van der Waals surface area contributed by atoms with Gasteiger partial charge in [-0.1, -0.05) is 55.5 Å². The number of hydrogen-bond acceptors (Lipinski definition) is 5. The average molecular weight is 581 g/mol. The third-order valence-corrected chi connectivity index (χ3v) is 7.79. The van der Waals surface area contributed by atoms with E-state index in [1.54, 1.807) is 24.3 Å². The van der Waals surface area contributed by atoms with Gasteiger partial charge < -0.3 is 20.5 Å². The van der Waals surface area contributed by atoms with Crippen LogP contribution in [0.5, 0.6) is 5.75 Å². The van der Waals surface area contributed by atoms with Gasteiger partial charge in [0.15, 0.2) is 0 Å². The lowest BCUT2D eigenvalue weighted by Crippen LogP contribution is -2.38. The number of amides is 2. The summed E-state index contributed by atoms with van der Waals surface area (Å²) in [6.45, 7) is 4.29. The summed E-state index contributed by atoms with van der Waals surface area (Å²) in [5.41, 5.74) is 3.58. The van der Waals surface area contributed by atoms with Crippen LogP contribution < -0.4 is 21.1 Å². The number of benzene rings is 3. The minimum absolute atomic E-state index is 0.0395. The number of phenols is 1. The van der Waals surface area contributed by atoms with Gasteiger partial charge >= 0.3 is 5.97 Å². The first kappa shape index (κ1) is 31.3. The van der Waals surface area contributed by atoms with E-state index in [-0.39, 0.29) is 35.5 Å². The van der Waals surface area contributed by atoms with E-state index in [2.05, 4.69) is 10.6 Å². The highest BCUT2D eigenvalue weighted by molar-refractivity contribution is 5.96. The van der Waals surface area contributed by atoms with Gasteiger partial charge in [-0.15, -0.1) is 0 Å². The molecule has 3 aromatic rings. The average Bonchev–Trinajstić information content (AvgIpc) is 3.04. The molecule has 7 nitrogen and oxygen atoms in total. The predicted molar refractivity (Wildman–Crippen MR) is 170 cm³/mol. The van der Waals surface area contributed by atoms with E-state index in [9.17, 15) is 19.5 Å². The molecule has 0 heterocycles. The van der Waals surface area contributed by atoms with Crippen LogP contribution in [0.15, 0.2) is 72.8 Å². The molecule has 43 heavy (non-hydrogen) atoms. The summed E-state index contributed by atoms with van der Waals surface area (Å²) in [7, 11) is 1.41. The van der Waals surface area contributed by atoms with Crippen LogP contribution in [0.4, 0.5) is 0 Å². The molecule has 0 saturated heterocycles. The number of aromatic hydroxyl groups is 1. The SMILES string of the molecule is C\C=C/C=c1/cc(-c2cccc(C(=O)NCc3ccc(C(=O)NC4CCC(C(=O)OC)CC4)cc3)c2)cc(O)/c1=C\CC. The topological polar surface area (TPSA) is 105 Å². The van der Waals surface area contributed by atoms with E-state index in [0.29, 0.717) is 30.5 Å². The Labute approximate surface area is 253 Å². The largest absolute Gasteiger partial charge is 0.507 e. The van der Waals surface area contributed by atoms with Crippen molar-refractivity contribution in [3.63, 3.8) is 0 Å². The third-order valence-electron chi connectivity index (χ3n) is 7.79. The fourth-order valence-corrected chi connectivity index (χ4v) is 5.40. The van der Waals surface area contributed by atoms with Crippen LogP contribution in [0.1, 0.15) is 72.2 Å². The summed E-state index contributed by atoms with van der Waals surface area (Å²) in [4.78, 5) is 37.5. The standard InChI is InChI=1S/C36H40N2O5/c1-4-6-9-28-21-30(22-33(39)32(28)8-5-2)27-10-7-11-29(20-27)34(40)37-23-24-12-14-25(15-13-24)35(41)38-31-18-16-26(17-19-31)36(42)43-3/h4,6-15,20-22,26,31,39H,5,16-19,23H2,1-3H3,(H,37,40)(H,38,41)/b6-4-,28-9-,32-8-. The Balaban J connectivity index is 1.37. The summed E-state index contributed by atoms with van der Waals surface area (Å²) in [5.74, 6) is -0.421. The van der Waals surface area contributed by atoms with Crippen LogP contribution in [0, 0.1) is 5.92 Å². The van der Waals surface area contributed by atoms with Crippen molar-refractivity contribution in [2.45, 2.75) is 58.5 Å². The summed E-state index contributed by atoms with van der Waals surface area (Å²) < 4.78 is 4.83. The minimum Gasteiger partial charge on any atom is -0.507 e. The van der Waals surface area contributed by atoms with E-state index >= 15 is 0 Å². The van der Waals surface area contributed by atoms with Crippen LogP contribution in [-0.2, 0) is 16.1 Å². The van der Waals surface area contributed by atoms with Gasteiger partial charge in [-0.05, 0) is 97.3 Å². The zero-order valence-electron chi connectivity index (χ0n) is 25.1. The van der Waals surface area contributed by atoms with E-state index in [4.69, 9.17) is 4.74 Å². The van der Waals surface area contributed by atoms with Gasteiger partial charge in [0.05, 0.1) is 13.0 Å². The fraction of sp³-hybridized carbons (Fsp3) is 0.306. The Morgan fingerprint density at radius 1 is 0.930 bits per heavy atom. The number of carbonyl (C=O) groups is 3. The number of esters is 1. The number of phenolic OH excluding ortho intramolecular Hbond substituents is 1. The second kappa shape index (κ2) is 15.0. The first-order valence-corrected chi connectivity index (χ1v) is 14.8. The second-order valence-electron chi connectivity index (χ2n) is 10.8. The van der Waals surface area contributed by atoms with Crippen LogP contribution in [0.2, 0.25) is 0 Å². The third kappa shape index (κ3) is 8.22. The van der Waals surface area contributed by atoms with Crippen LogP contribution in [0.3, 0.4) is 0 Å². The smallest absolute Gasteiger partial charge is 0.308 e. The molecule has 0 aliphatic heterocycles. The highest BCUT2D eigenvalue weighted by Gasteiger charge is 2.27. The van der Waals surface area contributed by atoms with E-state index in [0.717, 1.165) is 46.4 Å². The van der Waals surface area contributed by atoms with Crippen molar-refractivity contribution in [2.75, 3.05) is 7.11 Å². The Hall–Kier alpha value is -4.65. The highest BCUT2D eigenvalue weighted by Crippen LogP contribution is 2.25. The van der Waals surface area contributed by atoms with Gasteiger partial charge in [0.1, 0.15) is 5.75 Å². The van der Waals surface area contributed by atoms with E-state index < -0.39 is 0 Å². The van der Waals surface area contributed by atoms with Crippen LogP contribution >= 0.6 is 0 Å². The van der Waals surface area contributed by atoms with Gasteiger partial charge in [0.2, 0.25) is 0 Å². The molecule has 1 aliphatic carbocycles. The van der Waals surface area contributed by atoms with Gasteiger partial charge in [-0.3, -0.25) is 14.4 Å². The molecule has 2 amide bonds. The maximum atomic E-state index is 13.0. The number of rotatable bonds is 9. The first-order valence-electron chi connectivity index (χ1n) is 14.8. The maximum absolute atomic E-state index is 13.0. The quantitative estimate of drug-likeness (QED) is 0.309. The number of allylic oxidation sites excluding steroid dienone is 2. The maximum Gasteiger partial charge on any atom is 0.308 e. The van der Waals surface area contributed by atoms with Crippen molar-refractivity contribution in [3.05, 3.63) is 99.9 Å². The molecule has 0 spiro atoms.